The van der Waals surface area contributed by atoms with Crippen LogP contribution in [0.1, 0.15) is 19.8 Å². The van der Waals surface area contributed by atoms with Gasteiger partial charge in [0.2, 0.25) is 0 Å². The Balaban J connectivity index is 0. The highest BCUT2D eigenvalue weighted by atomic mass is 127. The molecule has 2 nitrogen and oxygen atoms in total. The molecule has 0 heterocycles. The van der Waals surface area contributed by atoms with Gasteiger partial charge in [0.05, 0.1) is 6.10 Å². The lowest BCUT2D eigenvalue weighted by molar-refractivity contribution is 0.166. The molecule has 0 aromatic rings. The van der Waals surface area contributed by atoms with E-state index in [-0.39, 0.29) is 24.6 Å². The molecule has 10 heavy (non-hydrogen) atoms. The quantitative estimate of drug-likeness (QED) is 0.602. The molecule has 0 amide bonds. The zero-order valence-corrected chi connectivity index (χ0v) is 9.06. The molecule has 0 aliphatic heterocycles. The van der Waals surface area contributed by atoms with E-state index in [1.54, 1.807) is 0 Å². The van der Waals surface area contributed by atoms with Crippen LogP contribution in [-0.2, 0) is 0 Å². The number of rotatable bonds is 4. The third-order valence-corrected chi connectivity index (χ3v) is 2.18. The van der Waals surface area contributed by atoms with Crippen molar-refractivity contribution in [2.45, 2.75) is 31.9 Å². The van der Waals surface area contributed by atoms with Gasteiger partial charge in [0.15, 0.2) is 0 Å². The summed E-state index contributed by atoms with van der Waals surface area (Å²) in [6.07, 6.45) is 1.66. The summed E-state index contributed by atoms with van der Waals surface area (Å²) in [7, 11) is 0. The summed E-state index contributed by atoms with van der Waals surface area (Å²) < 4.78 is 0.735. The Morgan fingerprint density at radius 2 is 2.10 bits per heavy atom. The third-order valence-electron chi connectivity index (χ3n) is 1.27. The van der Waals surface area contributed by atoms with Crippen molar-refractivity contribution in [2.75, 3.05) is 4.43 Å². The Bertz CT molecular complexity index is 74.8. The van der Waals surface area contributed by atoms with Crippen LogP contribution >= 0.6 is 35.0 Å². The van der Waals surface area contributed by atoms with E-state index in [9.17, 15) is 0 Å². The second kappa shape index (κ2) is 8.04. The van der Waals surface area contributed by atoms with Crippen molar-refractivity contribution in [3.05, 3.63) is 0 Å². The van der Waals surface area contributed by atoms with Crippen molar-refractivity contribution in [1.29, 1.82) is 0 Å². The molecule has 2 unspecified atom stereocenters. The number of nitrogens with two attached hydrogens (primary N) is 1. The van der Waals surface area contributed by atoms with Gasteiger partial charge in [-0.15, -0.1) is 12.4 Å². The lowest BCUT2D eigenvalue weighted by atomic mass is 10.1. The first-order chi connectivity index (χ1) is 4.22. The van der Waals surface area contributed by atoms with Crippen molar-refractivity contribution in [3.63, 3.8) is 0 Å². The number of hydrogen-bond acceptors (Lipinski definition) is 2. The minimum Gasteiger partial charge on any atom is -0.391 e. The van der Waals surface area contributed by atoms with E-state index < -0.39 is 0 Å². The molecule has 0 bridgehead atoms. The van der Waals surface area contributed by atoms with Crippen molar-refractivity contribution in [2.24, 2.45) is 5.73 Å². The number of halogens is 2. The summed E-state index contributed by atoms with van der Waals surface area (Å²) in [5.41, 5.74) is 5.58. The van der Waals surface area contributed by atoms with E-state index in [0.717, 1.165) is 17.3 Å². The standard InChI is InChI=1S/C6H14INO.ClH/c1-2-3-5(8)6(9)4-7;/h5-6,9H,2-4,8H2,1H3;1H. The highest BCUT2D eigenvalue weighted by Crippen LogP contribution is 2.01. The lowest BCUT2D eigenvalue weighted by Crippen LogP contribution is -2.35. The zero-order valence-electron chi connectivity index (χ0n) is 6.09. The van der Waals surface area contributed by atoms with Crippen molar-refractivity contribution in [3.8, 4) is 0 Å². The molecule has 64 valence electrons. The second-order valence-corrected chi connectivity index (χ2v) is 3.05. The molecular formula is C6H15ClINO. The Morgan fingerprint density at radius 3 is 2.40 bits per heavy atom. The fraction of sp³-hybridized carbons (Fsp3) is 1.00. The predicted octanol–water partition coefficient (Wildman–Crippen LogP) is 1.33. The molecular weight excluding hydrogens is 264 g/mol. The topological polar surface area (TPSA) is 46.2 Å². The summed E-state index contributed by atoms with van der Waals surface area (Å²) in [5.74, 6) is 0. The molecule has 4 heteroatoms. The summed E-state index contributed by atoms with van der Waals surface area (Å²) in [6.45, 7) is 2.07. The Hall–Kier alpha value is 0.940. The maximum atomic E-state index is 9.13. The van der Waals surface area contributed by atoms with Crippen LogP contribution in [0.25, 0.3) is 0 Å². The van der Waals surface area contributed by atoms with Crippen LogP contribution in [0.2, 0.25) is 0 Å². The first-order valence-corrected chi connectivity index (χ1v) is 4.74. The SMILES string of the molecule is CCCC(N)C(O)CI.Cl. The first-order valence-electron chi connectivity index (χ1n) is 3.22. The van der Waals surface area contributed by atoms with Crippen molar-refractivity contribution < 1.29 is 5.11 Å². The van der Waals surface area contributed by atoms with Gasteiger partial charge in [-0.2, -0.15) is 0 Å². The summed E-state index contributed by atoms with van der Waals surface area (Å²) >= 11 is 2.14. The van der Waals surface area contributed by atoms with Crippen LogP contribution in [0.3, 0.4) is 0 Å². The Kier molecular flexibility index (Phi) is 10.9. The zero-order chi connectivity index (χ0) is 7.28. The van der Waals surface area contributed by atoms with Gasteiger partial charge < -0.3 is 10.8 Å². The number of hydrogen-bond donors (Lipinski definition) is 2. The van der Waals surface area contributed by atoms with Gasteiger partial charge in [-0.3, -0.25) is 0 Å². The second-order valence-electron chi connectivity index (χ2n) is 2.17. The number of aliphatic hydroxyl groups is 1. The predicted molar refractivity (Wildman–Crippen MR) is 55.0 cm³/mol. The van der Waals surface area contributed by atoms with E-state index in [0.29, 0.717) is 0 Å². The normalized spacial score (nSPS) is 15.6. The van der Waals surface area contributed by atoms with Gasteiger partial charge in [-0.1, -0.05) is 35.9 Å². The molecule has 0 saturated carbocycles. The maximum Gasteiger partial charge on any atom is 0.0780 e. The molecule has 2 atom stereocenters. The minimum atomic E-state index is -0.314. The number of aliphatic hydroxyl groups excluding tert-OH is 1. The molecule has 0 spiro atoms. The van der Waals surface area contributed by atoms with E-state index in [1.807, 2.05) is 0 Å². The van der Waals surface area contributed by atoms with Crippen molar-refractivity contribution >= 4 is 35.0 Å². The molecule has 0 rings (SSSR count). The van der Waals surface area contributed by atoms with Crippen LogP contribution in [0.5, 0.6) is 0 Å². The fourth-order valence-corrected chi connectivity index (χ4v) is 1.29. The molecule has 0 radical (unpaired) electrons. The first kappa shape index (κ1) is 13.5. The average Bonchev–Trinajstić information content (AvgIpc) is 1.87. The van der Waals surface area contributed by atoms with Gasteiger partial charge in [-0.25, -0.2) is 0 Å². The molecule has 0 fully saturated rings. The Morgan fingerprint density at radius 1 is 1.60 bits per heavy atom. The summed E-state index contributed by atoms with van der Waals surface area (Å²) in [5, 5.41) is 9.13. The molecule has 0 aliphatic rings. The monoisotopic (exact) mass is 279 g/mol. The highest BCUT2D eigenvalue weighted by Gasteiger charge is 2.10. The molecule has 0 aliphatic carbocycles. The smallest absolute Gasteiger partial charge is 0.0780 e. The van der Waals surface area contributed by atoms with E-state index >= 15 is 0 Å². The van der Waals surface area contributed by atoms with Crippen LogP contribution in [-0.4, -0.2) is 21.7 Å². The van der Waals surface area contributed by atoms with Gasteiger partial charge >= 0.3 is 0 Å². The largest absolute Gasteiger partial charge is 0.391 e. The average molecular weight is 280 g/mol. The lowest BCUT2D eigenvalue weighted by Gasteiger charge is -2.14. The van der Waals surface area contributed by atoms with E-state index in [1.165, 1.54) is 0 Å². The molecule has 0 saturated heterocycles. The van der Waals surface area contributed by atoms with Crippen LogP contribution in [0.15, 0.2) is 0 Å². The highest BCUT2D eigenvalue weighted by molar-refractivity contribution is 14.1. The van der Waals surface area contributed by atoms with E-state index in [2.05, 4.69) is 29.5 Å². The number of alkyl halides is 1. The molecule has 0 aromatic carbocycles. The maximum absolute atomic E-state index is 9.13. The van der Waals surface area contributed by atoms with Gasteiger partial charge in [0, 0.05) is 10.5 Å². The summed E-state index contributed by atoms with van der Waals surface area (Å²) in [4.78, 5) is 0. The van der Waals surface area contributed by atoms with Gasteiger partial charge in [0.1, 0.15) is 0 Å². The molecule has 3 N–H and O–H groups in total. The summed E-state index contributed by atoms with van der Waals surface area (Å²) in [6, 6.07) is -0.0214. The van der Waals surface area contributed by atoms with Crippen LogP contribution in [0, 0.1) is 0 Å². The van der Waals surface area contributed by atoms with Gasteiger partial charge in [-0.05, 0) is 6.42 Å². The van der Waals surface area contributed by atoms with E-state index in [4.69, 9.17) is 10.8 Å². The van der Waals surface area contributed by atoms with Crippen LogP contribution < -0.4 is 5.73 Å². The van der Waals surface area contributed by atoms with Gasteiger partial charge in [0.25, 0.3) is 0 Å². The minimum absolute atomic E-state index is 0. The van der Waals surface area contributed by atoms with Crippen molar-refractivity contribution in [1.82, 2.24) is 0 Å². The Labute approximate surface area is 82.1 Å². The molecule has 0 aromatic heterocycles. The fourth-order valence-electron chi connectivity index (χ4n) is 0.640. The van der Waals surface area contributed by atoms with Crippen LogP contribution in [0.4, 0.5) is 0 Å². The third kappa shape index (κ3) is 5.70.